The molecule has 0 aliphatic carbocycles. The quantitative estimate of drug-likeness (QED) is 0.846. The maximum Gasteiger partial charge on any atom is 0.161 e. The topological polar surface area (TPSA) is 49.7 Å². The second-order valence-electron chi connectivity index (χ2n) is 5.66. The average Bonchev–Trinajstić information content (AvgIpc) is 2.28. The molecule has 1 aromatic rings. The minimum atomic E-state index is -0.332. The normalized spacial score (nSPS) is 13.4. The fourth-order valence-corrected chi connectivity index (χ4v) is 1.72. The van der Waals surface area contributed by atoms with E-state index in [1.54, 1.807) is 6.07 Å². The van der Waals surface area contributed by atoms with Crippen molar-refractivity contribution in [3.8, 4) is 11.5 Å². The monoisotopic (exact) mass is 252 g/mol. The van der Waals surface area contributed by atoms with Crippen LogP contribution in [0.4, 0.5) is 0 Å². The average molecular weight is 252 g/mol. The summed E-state index contributed by atoms with van der Waals surface area (Å²) in [5, 5.41) is 19.6. The van der Waals surface area contributed by atoms with Crippen molar-refractivity contribution < 1.29 is 14.9 Å². The SMILES string of the molecule is CCOc1cc(CCC(O)C(C)(C)C)ccc1O. The van der Waals surface area contributed by atoms with E-state index in [0.717, 1.165) is 12.0 Å². The van der Waals surface area contributed by atoms with Crippen molar-refractivity contribution in [2.24, 2.45) is 5.41 Å². The number of ether oxygens (including phenoxy) is 1. The standard InChI is InChI=1S/C15H24O3/c1-5-18-13-10-11(6-8-12(13)16)7-9-14(17)15(2,3)4/h6,8,10,14,16-17H,5,7,9H2,1-4H3. The number of hydrogen-bond acceptors (Lipinski definition) is 3. The van der Waals surface area contributed by atoms with E-state index in [0.29, 0.717) is 18.8 Å². The van der Waals surface area contributed by atoms with Crippen LogP contribution < -0.4 is 4.74 Å². The lowest BCUT2D eigenvalue weighted by Gasteiger charge is -2.25. The minimum Gasteiger partial charge on any atom is -0.504 e. The van der Waals surface area contributed by atoms with Crippen molar-refractivity contribution in [1.82, 2.24) is 0 Å². The molecule has 1 atom stereocenters. The van der Waals surface area contributed by atoms with Crippen LogP contribution in [0.1, 0.15) is 39.7 Å². The van der Waals surface area contributed by atoms with Crippen molar-refractivity contribution in [1.29, 1.82) is 0 Å². The summed E-state index contributed by atoms with van der Waals surface area (Å²) in [6.45, 7) is 8.50. The highest BCUT2D eigenvalue weighted by Crippen LogP contribution is 2.28. The van der Waals surface area contributed by atoms with Gasteiger partial charge in [0.15, 0.2) is 11.5 Å². The summed E-state index contributed by atoms with van der Waals surface area (Å²) in [4.78, 5) is 0. The number of aryl methyl sites for hydroxylation is 1. The van der Waals surface area contributed by atoms with Crippen LogP contribution in [-0.4, -0.2) is 22.9 Å². The molecule has 0 aliphatic heterocycles. The Kier molecular flexibility index (Phi) is 5.03. The third-order valence-electron chi connectivity index (χ3n) is 3.03. The molecule has 2 N–H and O–H groups in total. The van der Waals surface area contributed by atoms with Crippen LogP contribution in [0.25, 0.3) is 0 Å². The van der Waals surface area contributed by atoms with Crippen LogP contribution in [0.15, 0.2) is 18.2 Å². The summed E-state index contributed by atoms with van der Waals surface area (Å²) in [7, 11) is 0. The van der Waals surface area contributed by atoms with Gasteiger partial charge >= 0.3 is 0 Å². The van der Waals surface area contributed by atoms with Gasteiger partial charge in [0.1, 0.15) is 0 Å². The number of aliphatic hydroxyl groups excluding tert-OH is 1. The molecule has 0 aliphatic rings. The van der Waals surface area contributed by atoms with Crippen LogP contribution in [0.3, 0.4) is 0 Å². The van der Waals surface area contributed by atoms with Crippen molar-refractivity contribution in [3.05, 3.63) is 23.8 Å². The summed E-state index contributed by atoms with van der Waals surface area (Å²) >= 11 is 0. The number of rotatable bonds is 5. The Morgan fingerprint density at radius 3 is 2.50 bits per heavy atom. The largest absolute Gasteiger partial charge is 0.504 e. The van der Waals surface area contributed by atoms with Gasteiger partial charge in [-0.3, -0.25) is 0 Å². The molecule has 3 nitrogen and oxygen atoms in total. The zero-order valence-corrected chi connectivity index (χ0v) is 11.7. The van der Waals surface area contributed by atoms with Gasteiger partial charge in [-0.15, -0.1) is 0 Å². The predicted octanol–water partition coefficient (Wildman–Crippen LogP) is 3.13. The van der Waals surface area contributed by atoms with Crippen LogP contribution >= 0.6 is 0 Å². The number of aromatic hydroxyl groups is 1. The Bertz CT molecular complexity index is 380. The lowest BCUT2D eigenvalue weighted by Crippen LogP contribution is -2.26. The molecular formula is C15H24O3. The summed E-state index contributed by atoms with van der Waals surface area (Å²) in [6, 6.07) is 5.35. The van der Waals surface area contributed by atoms with Gasteiger partial charge in [0.25, 0.3) is 0 Å². The lowest BCUT2D eigenvalue weighted by molar-refractivity contribution is 0.0560. The Labute approximate surface area is 109 Å². The summed E-state index contributed by atoms with van der Waals surface area (Å²) in [5.74, 6) is 0.678. The molecule has 0 saturated heterocycles. The minimum absolute atomic E-state index is 0.0976. The molecule has 3 heteroatoms. The Morgan fingerprint density at radius 1 is 1.28 bits per heavy atom. The van der Waals surface area contributed by atoms with Crippen LogP contribution in [0.2, 0.25) is 0 Å². The summed E-state index contributed by atoms with van der Waals surface area (Å²) < 4.78 is 5.34. The molecule has 0 aromatic heterocycles. The fourth-order valence-electron chi connectivity index (χ4n) is 1.72. The first-order chi connectivity index (χ1) is 8.34. The van der Waals surface area contributed by atoms with Gasteiger partial charge in [-0.25, -0.2) is 0 Å². The van der Waals surface area contributed by atoms with Gasteiger partial charge in [0.2, 0.25) is 0 Å². The molecule has 0 spiro atoms. The molecule has 1 unspecified atom stereocenters. The molecule has 0 radical (unpaired) electrons. The number of aliphatic hydroxyl groups is 1. The molecule has 0 fully saturated rings. The molecule has 102 valence electrons. The van der Waals surface area contributed by atoms with Crippen LogP contribution in [0, 0.1) is 5.41 Å². The van der Waals surface area contributed by atoms with Gasteiger partial charge in [0.05, 0.1) is 12.7 Å². The van der Waals surface area contributed by atoms with Crippen molar-refractivity contribution in [2.75, 3.05) is 6.61 Å². The second-order valence-corrected chi connectivity index (χ2v) is 5.66. The zero-order chi connectivity index (χ0) is 13.8. The molecule has 1 rings (SSSR count). The van der Waals surface area contributed by atoms with E-state index in [9.17, 15) is 10.2 Å². The number of phenols is 1. The molecule has 1 aromatic carbocycles. The van der Waals surface area contributed by atoms with Crippen molar-refractivity contribution in [2.45, 2.75) is 46.6 Å². The first kappa shape index (κ1) is 14.8. The third kappa shape index (κ3) is 4.22. The number of phenolic OH excluding ortho intramolecular Hbond substituents is 1. The van der Waals surface area contributed by atoms with Gasteiger partial charge in [-0.1, -0.05) is 26.8 Å². The summed E-state index contributed by atoms with van der Waals surface area (Å²) in [5.41, 5.74) is 0.971. The van der Waals surface area contributed by atoms with E-state index in [2.05, 4.69) is 0 Å². The molecule has 0 bridgehead atoms. The Hall–Kier alpha value is -1.22. The maximum absolute atomic E-state index is 9.99. The van der Waals surface area contributed by atoms with E-state index >= 15 is 0 Å². The second kappa shape index (κ2) is 6.10. The molecule has 0 heterocycles. The van der Waals surface area contributed by atoms with Crippen LogP contribution in [0.5, 0.6) is 11.5 Å². The number of hydrogen-bond donors (Lipinski definition) is 2. The van der Waals surface area contributed by atoms with E-state index in [1.165, 1.54) is 0 Å². The van der Waals surface area contributed by atoms with Gasteiger partial charge in [-0.05, 0) is 42.9 Å². The predicted molar refractivity (Wildman–Crippen MR) is 73.1 cm³/mol. The third-order valence-corrected chi connectivity index (χ3v) is 3.03. The highest BCUT2D eigenvalue weighted by molar-refractivity contribution is 5.41. The van der Waals surface area contributed by atoms with Gasteiger partial charge in [-0.2, -0.15) is 0 Å². The van der Waals surface area contributed by atoms with E-state index in [1.807, 2.05) is 39.8 Å². The number of benzene rings is 1. The lowest BCUT2D eigenvalue weighted by atomic mass is 9.86. The van der Waals surface area contributed by atoms with Gasteiger partial charge in [0, 0.05) is 0 Å². The highest BCUT2D eigenvalue weighted by atomic mass is 16.5. The zero-order valence-electron chi connectivity index (χ0n) is 11.7. The van der Waals surface area contributed by atoms with Crippen molar-refractivity contribution >= 4 is 0 Å². The molecule has 18 heavy (non-hydrogen) atoms. The molecular weight excluding hydrogens is 228 g/mol. The Balaban J connectivity index is 2.65. The highest BCUT2D eigenvalue weighted by Gasteiger charge is 2.21. The van der Waals surface area contributed by atoms with E-state index in [4.69, 9.17) is 4.74 Å². The molecule has 0 amide bonds. The fraction of sp³-hybridized carbons (Fsp3) is 0.600. The maximum atomic E-state index is 9.99. The Morgan fingerprint density at radius 2 is 1.94 bits per heavy atom. The van der Waals surface area contributed by atoms with E-state index < -0.39 is 0 Å². The van der Waals surface area contributed by atoms with Crippen molar-refractivity contribution in [3.63, 3.8) is 0 Å². The first-order valence-corrected chi connectivity index (χ1v) is 6.47. The summed E-state index contributed by atoms with van der Waals surface area (Å²) in [6.07, 6.45) is 1.15. The van der Waals surface area contributed by atoms with Gasteiger partial charge < -0.3 is 14.9 Å². The smallest absolute Gasteiger partial charge is 0.161 e. The van der Waals surface area contributed by atoms with E-state index in [-0.39, 0.29) is 17.3 Å². The first-order valence-electron chi connectivity index (χ1n) is 6.47. The van der Waals surface area contributed by atoms with Crippen LogP contribution in [-0.2, 0) is 6.42 Å². The molecule has 0 saturated carbocycles.